The maximum Gasteiger partial charge on any atom is 0.293 e. The van der Waals surface area contributed by atoms with E-state index in [1.165, 1.54) is 11.6 Å². The number of nitrogens with zero attached hydrogens (tertiary/aromatic N) is 3. The second-order valence-electron chi connectivity index (χ2n) is 7.39. The van der Waals surface area contributed by atoms with Crippen LogP contribution in [0.15, 0.2) is 42.5 Å². The first kappa shape index (κ1) is 19.8. The Balaban J connectivity index is 1.67. The summed E-state index contributed by atoms with van der Waals surface area (Å²) in [6, 6.07) is 12.8. The Morgan fingerprint density at radius 1 is 1.11 bits per heavy atom. The average Bonchev–Trinajstić information content (AvgIpc) is 3.21. The maximum atomic E-state index is 12.5. The van der Waals surface area contributed by atoms with Crippen molar-refractivity contribution in [1.82, 2.24) is 10.2 Å². The van der Waals surface area contributed by atoms with E-state index >= 15 is 0 Å². The van der Waals surface area contributed by atoms with Crippen LogP contribution in [0.1, 0.15) is 34.3 Å². The van der Waals surface area contributed by atoms with Gasteiger partial charge in [-0.25, -0.2) is 0 Å². The molecule has 1 heterocycles. The summed E-state index contributed by atoms with van der Waals surface area (Å²) in [6.45, 7) is 2.87. The molecule has 0 aliphatic carbocycles. The van der Waals surface area contributed by atoms with E-state index in [0.29, 0.717) is 17.8 Å². The van der Waals surface area contributed by atoms with Gasteiger partial charge < -0.3 is 15.1 Å². The molecule has 1 aliphatic heterocycles. The van der Waals surface area contributed by atoms with Gasteiger partial charge in [-0.05, 0) is 50.2 Å². The van der Waals surface area contributed by atoms with Crippen molar-refractivity contribution in [3.05, 3.63) is 69.3 Å². The predicted octanol–water partition coefficient (Wildman–Crippen LogP) is 3.19. The van der Waals surface area contributed by atoms with Crippen LogP contribution in [0.25, 0.3) is 0 Å². The number of hydrogen-bond acceptors (Lipinski definition) is 5. The van der Waals surface area contributed by atoms with Gasteiger partial charge in [-0.15, -0.1) is 0 Å². The topological polar surface area (TPSA) is 78.7 Å². The van der Waals surface area contributed by atoms with Crippen LogP contribution < -0.4 is 10.2 Å². The number of hydrogen-bond donors (Lipinski definition) is 1. The molecule has 3 rings (SSSR count). The largest absolute Gasteiger partial charge is 0.366 e. The minimum absolute atomic E-state index is 0.0115. The second kappa shape index (κ2) is 8.84. The minimum atomic E-state index is -0.409. The average molecular weight is 382 g/mol. The van der Waals surface area contributed by atoms with Gasteiger partial charge in [0.15, 0.2) is 0 Å². The Morgan fingerprint density at radius 3 is 2.36 bits per heavy atom. The molecule has 0 radical (unpaired) electrons. The molecule has 1 amide bonds. The predicted molar refractivity (Wildman–Crippen MR) is 110 cm³/mol. The molecule has 2 aromatic carbocycles. The number of nitro groups is 1. The smallest absolute Gasteiger partial charge is 0.293 e. The lowest BCUT2D eigenvalue weighted by molar-refractivity contribution is -0.384. The maximum absolute atomic E-state index is 12.5. The number of carbonyl (C=O) groups is 1. The molecule has 2 aromatic rings. The lowest BCUT2D eigenvalue weighted by Crippen LogP contribution is -2.24. The highest BCUT2D eigenvalue weighted by atomic mass is 16.6. The van der Waals surface area contributed by atoms with Gasteiger partial charge in [0.05, 0.1) is 4.92 Å². The summed E-state index contributed by atoms with van der Waals surface area (Å²) in [6.07, 6.45) is 2.07. The zero-order valence-electron chi connectivity index (χ0n) is 16.4. The van der Waals surface area contributed by atoms with Crippen molar-refractivity contribution < 1.29 is 9.72 Å². The van der Waals surface area contributed by atoms with Crippen LogP contribution in [0, 0.1) is 10.1 Å². The lowest BCUT2D eigenvalue weighted by Gasteiger charge is -2.17. The van der Waals surface area contributed by atoms with Crippen molar-refractivity contribution >= 4 is 17.3 Å². The molecule has 1 N–H and O–H groups in total. The van der Waals surface area contributed by atoms with Crippen LogP contribution in [0.5, 0.6) is 0 Å². The van der Waals surface area contributed by atoms with Gasteiger partial charge >= 0.3 is 0 Å². The Kier molecular flexibility index (Phi) is 6.26. The van der Waals surface area contributed by atoms with E-state index in [-0.39, 0.29) is 11.6 Å². The molecule has 7 nitrogen and oxygen atoms in total. The van der Waals surface area contributed by atoms with Crippen molar-refractivity contribution in [2.75, 3.05) is 32.1 Å². The number of nitrogens with one attached hydrogen (secondary N) is 1. The third-order valence-electron chi connectivity index (χ3n) is 4.86. The van der Waals surface area contributed by atoms with Gasteiger partial charge in [-0.3, -0.25) is 14.9 Å². The molecule has 28 heavy (non-hydrogen) atoms. The van der Waals surface area contributed by atoms with E-state index in [2.05, 4.69) is 10.2 Å². The summed E-state index contributed by atoms with van der Waals surface area (Å²) in [7, 11) is 4.03. The Hall–Kier alpha value is -2.93. The van der Waals surface area contributed by atoms with Crippen molar-refractivity contribution in [3.63, 3.8) is 0 Å². The van der Waals surface area contributed by atoms with Gasteiger partial charge in [0.25, 0.3) is 11.6 Å². The summed E-state index contributed by atoms with van der Waals surface area (Å²) < 4.78 is 0. The summed E-state index contributed by atoms with van der Waals surface area (Å²) in [4.78, 5) is 27.7. The highest BCUT2D eigenvalue weighted by Gasteiger charge is 2.23. The number of carbonyl (C=O) groups excluding carboxylic acids is 1. The minimum Gasteiger partial charge on any atom is -0.366 e. The normalized spacial score (nSPS) is 13.8. The zero-order valence-corrected chi connectivity index (χ0v) is 16.4. The van der Waals surface area contributed by atoms with Crippen LogP contribution in [0.3, 0.4) is 0 Å². The van der Waals surface area contributed by atoms with E-state index in [1.807, 2.05) is 43.3 Å². The van der Waals surface area contributed by atoms with Gasteiger partial charge in [0, 0.05) is 37.8 Å². The summed E-state index contributed by atoms with van der Waals surface area (Å²) in [5.74, 6) is -0.312. The fraction of sp³-hybridized carbons (Fsp3) is 0.381. The highest BCUT2D eigenvalue weighted by Crippen LogP contribution is 2.31. The molecule has 0 aromatic heterocycles. The van der Waals surface area contributed by atoms with Crippen molar-refractivity contribution in [2.24, 2.45) is 0 Å². The first-order valence-electron chi connectivity index (χ1n) is 9.48. The molecule has 1 saturated heterocycles. The van der Waals surface area contributed by atoms with Crippen LogP contribution in [-0.2, 0) is 13.1 Å². The number of nitro benzene ring substituents is 1. The standard InChI is InChI=1S/C21H26N4O3/c1-23(2)15-17-7-5-16(6-8-17)14-22-21(26)18-9-10-19(20(13-18)25(27)28)24-11-3-4-12-24/h5-10,13H,3-4,11-12,14-15H2,1-2H3,(H,22,26). The molecule has 0 bridgehead atoms. The second-order valence-corrected chi connectivity index (χ2v) is 7.39. The lowest BCUT2D eigenvalue weighted by atomic mass is 10.1. The van der Waals surface area contributed by atoms with Gasteiger partial charge in [-0.2, -0.15) is 0 Å². The third-order valence-corrected chi connectivity index (χ3v) is 4.86. The van der Waals surface area contributed by atoms with Crippen molar-refractivity contribution in [1.29, 1.82) is 0 Å². The molecule has 0 unspecified atom stereocenters. The Morgan fingerprint density at radius 2 is 1.75 bits per heavy atom. The van der Waals surface area contributed by atoms with Gasteiger partial charge in [-0.1, -0.05) is 24.3 Å². The quantitative estimate of drug-likeness (QED) is 0.588. The van der Waals surface area contributed by atoms with Crippen LogP contribution in [0.4, 0.5) is 11.4 Å². The summed E-state index contributed by atoms with van der Waals surface area (Å²) >= 11 is 0. The fourth-order valence-electron chi connectivity index (χ4n) is 3.45. The van der Waals surface area contributed by atoms with Gasteiger partial charge in [0.1, 0.15) is 5.69 Å². The summed E-state index contributed by atoms with van der Waals surface area (Å²) in [5, 5.41) is 14.3. The molecule has 0 spiro atoms. The Bertz CT molecular complexity index is 843. The number of benzene rings is 2. The number of amides is 1. The Labute approximate surface area is 165 Å². The summed E-state index contributed by atoms with van der Waals surface area (Å²) in [5.41, 5.74) is 3.07. The molecule has 7 heteroatoms. The van der Waals surface area contributed by atoms with E-state index in [1.54, 1.807) is 12.1 Å². The molecular weight excluding hydrogens is 356 g/mol. The number of anilines is 1. The van der Waals surface area contributed by atoms with E-state index in [4.69, 9.17) is 0 Å². The SMILES string of the molecule is CN(C)Cc1ccc(CNC(=O)c2ccc(N3CCCC3)c([N+](=O)[O-])c2)cc1. The molecule has 1 aliphatic rings. The molecule has 0 saturated carbocycles. The fourth-order valence-corrected chi connectivity index (χ4v) is 3.45. The first-order chi connectivity index (χ1) is 13.4. The highest BCUT2D eigenvalue weighted by molar-refractivity contribution is 5.95. The van der Waals surface area contributed by atoms with Crippen molar-refractivity contribution in [3.8, 4) is 0 Å². The third kappa shape index (κ3) is 4.86. The van der Waals surface area contributed by atoms with E-state index in [9.17, 15) is 14.9 Å². The molecule has 1 fully saturated rings. The van der Waals surface area contributed by atoms with Crippen LogP contribution in [0.2, 0.25) is 0 Å². The number of rotatable bonds is 7. The first-order valence-corrected chi connectivity index (χ1v) is 9.48. The molecule has 148 valence electrons. The van der Waals surface area contributed by atoms with Crippen molar-refractivity contribution in [2.45, 2.75) is 25.9 Å². The molecule has 0 atom stereocenters. The van der Waals surface area contributed by atoms with Crippen LogP contribution >= 0.6 is 0 Å². The van der Waals surface area contributed by atoms with E-state index < -0.39 is 4.92 Å². The van der Waals surface area contributed by atoms with Crippen LogP contribution in [-0.4, -0.2) is 42.9 Å². The van der Waals surface area contributed by atoms with Gasteiger partial charge in [0.2, 0.25) is 0 Å². The molecular formula is C21H26N4O3. The zero-order chi connectivity index (χ0) is 20.1. The monoisotopic (exact) mass is 382 g/mol. The van der Waals surface area contributed by atoms with E-state index in [0.717, 1.165) is 38.0 Å².